The third kappa shape index (κ3) is 6.69. The molecule has 1 aromatic heterocycles. The number of methoxy groups -OCH3 is 1. The molecular formula is C35H35FN4O5. The summed E-state index contributed by atoms with van der Waals surface area (Å²) in [6.07, 6.45) is 3.21. The van der Waals surface area contributed by atoms with E-state index in [1.807, 2.05) is 43.3 Å². The number of carbonyl (C=O) groups excluding carboxylic acids is 2. The number of Topliss-reactive ketones (excluding diaryl/α,β-unsaturated/α-hetero) is 1. The summed E-state index contributed by atoms with van der Waals surface area (Å²) in [5.41, 5.74) is 4.17. The summed E-state index contributed by atoms with van der Waals surface area (Å²) in [6, 6.07) is 17.3. The molecule has 0 spiro atoms. The smallest absolute Gasteiger partial charge is 0.337 e. The highest BCUT2D eigenvalue weighted by Gasteiger charge is 2.31. The molecule has 232 valence electrons. The highest BCUT2D eigenvalue weighted by atomic mass is 19.1. The van der Waals surface area contributed by atoms with Gasteiger partial charge in [-0.15, -0.1) is 0 Å². The number of imidazole rings is 1. The first-order valence-corrected chi connectivity index (χ1v) is 15.2. The average Bonchev–Trinajstić information content (AvgIpc) is 3.39. The van der Waals surface area contributed by atoms with Crippen LogP contribution in [-0.2, 0) is 29.2 Å². The summed E-state index contributed by atoms with van der Waals surface area (Å²) in [6.45, 7) is 4.96. The third-order valence-corrected chi connectivity index (χ3v) is 8.70. The second-order valence-corrected chi connectivity index (χ2v) is 11.8. The van der Waals surface area contributed by atoms with Gasteiger partial charge in [0.15, 0.2) is 11.6 Å². The van der Waals surface area contributed by atoms with Crippen molar-refractivity contribution in [1.82, 2.24) is 14.5 Å². The van der Waals surface area contributed by atoms with E-state index >= 15 is 0 Å². The topological polar surface area (TPSA) is 107 Å². The van der Waals surface area contributed by atoms with Gasteiger partial charge >= 0.3 is 5.97 Å². The zero-order chi connectivity index (χ0) is 31.5. The molecule has 2 aliphatic rings. The van der Waals surface area contributed by atoms with Crippen molar-refractivity contribution in [3.8, 4) is 17.6 Å². The first kappa shape index (κ1) is 30.3. The Labute approximate surface area is 261 Å². The molecule has 4 aromatic rings. The molecule has 0 radical (unpaired) electrons. The first-order valence-electron chi connectivity index (χ1n) is 15.2. The fourth-order valence-corrected chi connectivity index (χ4v) is 6.02. The predicted octanol–water partition coefficient (Wildman–Crippen LogP) is 5.74. The van der Waals surface area contributed by atoms with E-state index in [1.54, 1.807) is 6.07 Å². The largest absolute Gasteiger partial charge is 0.490 e. The van der Waals surface area contributed by atoms with E-state index in [0.717, 1.165) is 72.2 Å². The van der Waals surface area contributed by atoms with Crippen LogP contribution < -0.4 is 9.47 Å². The number of fused-ring (bicyclic) bond motifs is 1. The summed E-state index contributed by atoms with van der Waals surface area (Å²) in [5.74, 6) is 1.01. The molecular weight excluding hydrogens is 575 g/mol. The van der Waals surface area contributed by atoms with Crippen molar-refractivity contribution in [3.63, 3.8) is 0 Å². The molecule has 0 bridgehead atoms. The van der Waals surface area contributed by atoms with Crippen LogP contribution >= 0.6 is 0 Å². The van der Waals surface area contributed by atoms with Gasteiger partial charge in [-0.3, -0.25) is 9.69 Å². The number of hydrogen-bond donors (Lipinski definition) is 0. The SMILES string of the molecule is COC(=O)c1cc(C)c2nc(CN3CCC(Oc4cccc(COc5ccc(C#N)cc5F)c4)CC3)n(C[C@@H]3CCC3=O)c2c1. The maximum absolute atomic E-state index is 14.2. The van der Waals surface area contributed by atoms with Crippen LogP contribution in [-0.4, -0.2) is 52.5 Å². The molecule has 0 amide bonds. The molecule has 1 saturated carbocycles. The Morgan fingerprint density at radius 2 is 1.93 bits per heavy atom. The summed E-state index contributed by atoms with van der Waals surface area (Å²) in [7, 11) is 1.37. The minimum atomic E-state index is -0.568. The number of likely N-dealkylation sites (tertiary alicyclic amines) is 1. The lowest BCUT2D eigenvalue weighted by molar-refractivity contribution is -0.129. The highest BCUT2D eigenvalue weighted by Crippen LogP contribution is 2.30. The third-order valence-electron chi connectivity index (χ3n) is 8.70. The van der Waals surface area contributed by atoms with Gasteiger partial charge in [0.05, 0.1) is 41.9 Å². The number of nitriles is 1. The molecule has 1 saturated heterocycles. The molecule has 6 rings (SSSR count). The number of benzene rings is 3. The number of carbonyl (C=O) groups is 2. The Morgan fingerprint density at radius 3 is 2.62 bits per heavy atom. The van der Waals surface area contributed by atoms with Crippen LogP contribution in [0.15, 0.2) is 54.6 Å². The van der Waals surface area contributed by atoms with Crippen molar-refractivity contribution in [1.29, 1.82) is 5.26 Å². The molecule has 9 nitrogen and oxygen atoms in total. The molecule has 3 aromatic carbocycles. The minimum Gasteiger partial charge on any atom is -0.490 e. The molecule has 0 unspecified atom stereocenters. The van der Waals surface area contributed by atoms with Crippen molar-refractivity contribution < 1.29 is 28.2 Å². The van der Waals surface area contributed by atoms with E-state index in [2.05, 4.69) is 9.47 Å². The molecule has 0 N–H and O–H groups in total. The molecule has 1 aliphatic carbocycles. The van der Waals surface area contributed by atoms with E-state index in [0.29, 0.717) is 25.1 Å². The highest BCUT2D eigenvalue weighted by molar-refractivity contribution is 5.95. The lowest BCUT2D eigenvalue weighted by atomic mass is 9.83. The van der Waals surface area contributed by atoms with Gasteiger partial charge in [0.25, 0.3) is 0 Å². The predicted molar refractivity (Wildman–Crippen MR) is 164 cm³/mol. The van der Waals surface area contributed by atoms with E-state index in [-0.39, 0.29) is 35.7 Å². The number of ether oxygens (including phenoxy) is 3. The Morgan fingerprint density at radius 1 is 1.11 bits per heavy atom. The number of esters is 1. The van der Waals surface area contributed by atoms with Gasteiger partial charge in [-0.2, -0.15) is 5.26 Å². The number of aryl methyl sites for hydroxylation is 1. The Kier molecular flexibility index (Phi) is 8.80. The van der Waals surface area contributed by atoms with Gasteiger partial charge in [0, 0.05) is 32.0 Å². The molecule has 10 heteroatoms. The van der Waals surface area contributed by atoms with Crippen LogP contribution in [0.2, 0.25) is 0 Å². The van der Waals surface area contributed by atoms with E-state index in [9.17, 15) is 14.0 Å². The van der Waals surface area contributed by atoms with Crippen LogP contribution in [0.25, 0.3) is 11.0 Å². The quantitative estimate of drug-likeness (QED) is 0.209. The molecule has 2 heterocycles. The fourth-order valence-electron chi connectivity index (χ4n) is 6.02. The number of nitrogens with zero attached hydrogens (tertiary/aromatic N) is 4. The van der Waals surface area contributed by atoms with Crippen molar-refractivity contribution >= 4 is 22.8 Å². The van der Waals surface area contributed by atoms with Gasteiger partial charge < -0.3 is 18.8 Å². The maximum Gasteiger partial charge on any atom is 0.337 e. The van der Waals surface area contributed by atoms with Crippen molar-refractivity contribution in [2.75, 3.05) is 20.2 Å². The molecule has 1 aliphatic heterocycles. The van der Waals surface area contributed by atoms with Crippen LogP contribution in [0.1, 0.15) is 58.6 Å². The first-order chi connectivity index (χ1) is 21.8. The zero-order valence-corrected chi connectivity index (χ0v) is 25.4. The zero-order valence-electron chi connectivity index (χ0n) is 25.4. The normalized spacial score (nSPS) is 17.1. The summed E-state index contributed by atoms with van der Waals surface area (Å²) in [5, 5.41) is 8.93. The van der Waals surface area contributed by atoms with Crippen molar-refractivity contribution in [2.24, 2.45) is 5.92 Å². The van der Waals surface area contributed by atoms with Crippen molar-refractivity contribution in [2.45, 2.75) is 58.4 Å². The van der Waals surface area contributed by atoms with Crippen LogP contribution in [0.5, 0.6) is 11.5 Å². The van der Waals surface area contributed by atoms with Crippen LogP contribution in [0.3, 0.4) is 0 Å². The number of aromatic nitrogens is 2. The minimum absolute atomic E-state index is 0.0216. The van der Waals surface area contributed by atoms with E-state index in [4.69, 9.17) is 24.5 Å². The molecule has 2 fully saturated rings. The Bertz CT molecular complexity index is 1790. The van der Waals surface area contributed by atoms with Gasteiger partial charge in [-0.05, 0) is 79.8 Å². The van der Waals surface area contributed by atoms with Crippen LogP contribution in [0, 0.1) is 30.0 Å². The number of ketones is 1. The molecule has 1 atom stereocenters. The molecule has 45 heavy (non-hydrogen) atoms. The fraction of sp³-hybridized carbons (Fsp3) is 0.371. The van der Waals surface area contributed by atoms with E-state index in [1.165, 1.54) is 19.2 Å². The Balaban J connectivity index is 1.09. The van der Waals surface area contributed by atoms with Gasteiger partial charge in [-0.1, -0.05) is 12.1 Å². The lowest BCUT2D eigenvalue weighted by Gasteiger charge is -2.32. The van der Waals surface area contributed by atoms with Crippen molar-refractivity contribution in [3.05, 3.63) is 88.5 Å². The van der Waals surface area contributed by atoms with Gasteiger partial charge in [-0.25, -0.2) is 14.2 Å². The van der Waals surface area contributed by atoms with Gasteiger partial charge in [0.2, 0.25) is 0 Å². The number of piperidine rings is 1. The summed E-state index contributed by atoms with van der Waals surface area (Å²) < 4.78 is 33.3. The lowest BCUT2D eigenvalue weighted by Crippen LogP contribution is -2.38. The number of halogens is 1. The van der Waals surface area contributed by atoms with E-state index < -0.39 is 11.8 Å². The number of rotatable bonds is 10. The summed E-state index contributed by atoms with van der Waals surface area (Å²) in [4.78, 5) is 31.9. The van der Waals surface area contributed by atoms with Gasteiger partial charge in [0.1, 0.15) is 30.1 Å². The monoisotopic (exact) mass is 610 g/mol. The summed E-state index contributed by atoms with van der Waals surface area (Å²) >= 11 is 0. The second kappa shape index (κ2) is 13.1. The standard InChI is InChI=1S/C35H35FN4O5/c1-22-14-26(35(42)43-2)17-30-34(22)38-33(40(30)19-25-7-8-31(25)41)20-39-12-10-27(11-13-39)45-28-5-3-4-24(15-28)21-44-32-9-6-23(18-37)16-29(32)36/h3-6,9,14-17,25,27H,7-8,10-13,19-21H2,1-2H3/t25-/m0/s1. The number of hydrogen-bond acceptors (Lipinski definition) is 8. The average molecular weight is 611 g/mol. The maximum atomic E-state index is 14.2. The van der Waals surface area contributed by atoms with Crippen LogP contribution in [0.4, 0.5) is 4.39 Å². The second-order valence-electron chi connectivity index (χ2n) is 11.8. The Hall–Kier alpha value is -4.75.